The molecule has 9 heteroatoms. The molecule has 0 aromatic carbocycles. The van der Waals surface area contributed by atoms with E-state index in [4.69, 9.17) is 10.3 Å². The van der Waals surface area contributed by atoms with Crippen LogP contribution in [0.5, 0.6) is 0 Å². The van der Waals surface area contributed by atoms with Crippen LogP contribution in [0.2, 0.25) is 0 Å². The van der Waals surface area contributed by atoms with Gasteiger partial charge in [0.15, 0.2) is 10.8 Å². The van der Waals surface area contributed by atoms with Crippen LogP contribution < -0.4 is 16.4 Å². The zero-order chi connectivity index (χ0) is 14.7. The molecular formula is C11H13N5O3S. The fraction of sp³-hybridized carbons (Fsp3) is 0.273. The average molecular weight is 295 g/mol. The molecule has 0 radical (unpaired) electrons. The van der Waals surface area contributed by atoms with Crippen molar-refractivity contribution < 1.29 is 14.1 Å². The number of aryl methyl sites for hydroxylation is 1. The monoisotopic (exact) mass is 295 g/mol. The lowest BCUT2D eigenvalue weighted by Crippen LogP contribution is -2.17. The number of carbonyl (C=O) groups excluding carboxylic acids is 2. The summed E-state index contributed by atoms with van der Waals surface area (Å²) >= 11 is 1.11. The molecule has 0 fully saturated rings. The molecule has 0 aliphatic carbocycles. The van der Waals surface area contributed by atoms with E-state index in [0.29, 0.717) is 17.2 Å². The van der Waals surface area contributed by atoms with Crippen LogP contribution in [-0.4, -0.2) is 29.0 Å². The molecule has 4 N–H and O–H groups in total. The van der Waals surface area contributed by atoms with Gasteiger partial charge in [0, 0.05) is 13.1 Å². The molecule has 2 amide bonds. The van der Waals surface area contributed by atoms with E-state index in [0.717, 1.165) is 11.3 Å². The summed E-state index contributed by atoms with van der Waals surface area (Å²) in [6, 6.07) is 1.54. The van der Waals surface area contributed by atoms with E-state index in [9.17, 15) is 9.59 Å². The largest absolute Gasteiger partial charge is 0.365 e. The summed E-state index contributed by atoms with van der Waals surface area (Å²) in [4.78, 5) is 27.2. The molecule has 0 bridgehead atoms. The number of primary amides is 1. The maximum atomic E-state index is 12.0. The standard InChI is InChI=1S/C11H13N5O3S/c1-3-5-4-6(19-16-5)9(18)15-10-7(8(12)17)14-11(13-2)20-10/h4H,3H2,1-2H3,(H2,12,17)(H,13,14)(H,15,18). The highest BCUT2D eigenvalue weighted by atomic mass is 32.1. The number of carbonyl (C=O) groups is 2. The van der Waals surface area contributed by atoms with Gasteiger partial charge in [-0.25, -0.2) is 4.98 Å². The highest BCUT2D eigenvalue weighted by molar-refractivity contribution is 7.20. The van der Waals surface area contributed by atoms with E-state index in [1.807, 2.05) is 6.92 Å². The third-order valence-electron chi connectivity index (χ3n) is 2.45. The van der Waals surface area contributed by atoms with Crippen LogP contribution in [-0.2, 0) is 6.42 Å². The zero-order valence-corrected chi connectivity index (χ0v) is 11.7. The Balaban J connectivity index is 2.22. The molecule has 0 saturated heterocycles. The molecule has 0 unspecified atom stereocenters. The Kier molecular flexibility index (Phi) is 3.99. The lowest BCUT2D eigenvalue weighted by atomic mass is 10.3. The summed E-state index contributed by atoms with van der Waals surface area (Å²) in [5, 5.41) is 9.79. The second-order valence-corrected chi connectivity index (χ2v) is 4.80. The number of aromatic nitrogens is 2. The highest BCUT2D eigenvalue weighted by Gasteiger charge is 2.20. The topological polar surface area (TPSA) is 123 Å². The summed E-state index contributed by atoms with van der Waals surface area (Å²) in [6.45, 7) is 1.90. The van der Waals surface area contributed by atoms with Crippen molar-refractivity contribution in [2.24, 2.45) is 5.73 Å². The quantitative estimate of drug-likeness (QED) is 0.758. The fourth-order valence-electron chi connectivity index (χ4n) is 1.43. The van der Waals surface area contributed by atoms with E-state index in [1.54, 1.807) is 13.1 Å². The van der Waals surface area contributed by atoms with Gasteiger partial charge in [0.1, 0.15) is 5.00 Å². The van der Waals surface area contributed by atoms with Gasteiger partial charge in [-0.3, -0.25) is 9.59 Å². The van der Waals surface area contributed by atoms with E-state index in [1.165, 1.54) is 0 Å². The Morgan fingerprint density at radius 1 is 1.50 bits per heavy atom. The molecule has 0 saturated carbocycles. The van der Waals surface area contributed by atoms with Crippen molar-refractivity contribution in [2.75, 3.05) is 17.7 Å². The first-order valence-corrected chi connectivity index (χ1v) is 6.62. The Bertz CT molecular complexity index is 648. The summed E-state index contributed by atoms with van der Waals surface area (Å²) in [6.07, 6.45) is 0.660. The fourth-order valence-corrected chi connectivity index (χ4v) is 2.25. The summed E-state index contributed by atoms with van der Waals surface area (Å²) in [5.74, 6) is -1.16. The van der Waals surface area contributed by atoms with E-state index in [2.05, 4.69) is 20.8 Å². The van der Waals surface area contributed by atoms with Gasteiger partial charge in [-0.2, -0.15) is 0 Å². The van der Waals surface area contributed by atoms with E-state index >= 15 is 0 Å². The molecule has 0 spiro atoms. The van der Waals surface area contributed by atoms with Gasteiger partial charge in [-0.05, 0) is 6.42 Å². The van der Waals surface area contributed by atoms with Crippen molar-refractivity contribution in [1.82, 2.24) is 10.1 Å². The summed E-state index contributed by atoms with van der Waals surface area (Å²) in [7, 11) is 1.65. The van der Waals surface area contributed by atoms with Crippen LogP contribution >= 0.6 is 11.3 Å². The van der Waals surface area contributed by atoms with Gasteiger partial charge in [-0.1, -0.05) is 23.4 Å². The number of nitrogens with one attached hydrogen (secondary N) is 2. The zero-order valence-electron chi connectivity index (χ0n) is 10.9. The SMILES string of the molecule is CCc1cc(C(=O)Nc2sc(NC)nc2C(N)=O)on1. The number of thiazole rings is 1. The molecule has 106 valence electrons. The molecule has 20 heavy (non-hydrogen) atoms. The van der Waals surface area contributed by atoms with Gasteiger partial charge in [0.25, 0.3) is 11.8 Å². The van der Waals surface area contributed by atoms with E-state index in [-0.39, 0.29) is 16.5 Å². The Morgan fingerprint density at radius 2 is 2.25 bits per heavy atom. The van der Waals surface area contributed by atoms with Crippen LogP contribution in [0.3, 0.4) is 0 Å². The van der Waals surface area contributed by atoms with Crippen molar-refractivity contribution in [2.45, 2.75) is 13.3 Å². The Labute approximate surface area is 118 Å². The van der Waals surface area contributed by atoms with Crippen molar-refractivity contribution in [3.8, 4) is 0 Å². The third kappa shape index (κ3) is 2.77. The Morgan fingerprint density at radius 3 is 2.80 bits per heavy atom. The average Bonchev–Trinajstić information content (AvgIpc) is 3.04. The maximum Gasteiger partial charge on any atom is 0.294 e. The molecule has 0 aliphatic rings. The predicted octanol–water partition coefficient (Wildman–Crippen LogP) is 1.09. The minimum Gasteiger partial charge on any atom is -0.365 e. The second kappa shape index (κ2) is 5.70. The minimum atomic E-state index is -0.718. The van der Waals surface area contributed by atoms with Gasteiger partial charge in [-0.15, -0.1) is 0 Å². The van der Waals surface area contributed by atoms with Crippen LogP contribution in [0.25, 0.3) is 0 Å². The van der Waals surface area contributed by atoms with Gasteiger partial charge in [0.05, 0.1) is 5.69 Å². The van der Waals surface area contributed by atoms with Crippen molar-refractivity contribution in [3.05, 3.63) is 23.2 Å². The third-order valence-corrected chi connectivity index (χ3v) is 3.43. The number of nitrogens with zero attached hydrogens (tertiary/aromatic N) is 2. The first kappa shape index (κ1) is 14.0. The number of hydrogen-bond acceptors (Lipinski definition) is 7. The summed E-state index contributed by atoms with van der Waals surface area (Å²) < 4.78 is 4.91. The number of nitrogens with two attached hydrogens (primary N) is 1. The van der Waals surface area contributed by atoms with Gasteiger partial charge < -0.3 is 20.9 Å². The lowest BCUT2D eigenvalue weighted by molar-refractivity contribution is 0.0988. The molecule has 0 atom stereocenters. The predicted molar refractivity (Wildman–Crippen MR) is 74.0 cm³/mol. The molecule has 8 nitrogen and oxygen atoms in total. The van der Waals surface area contributed by atoms with Crippen LogP contribution in [0.1, 0.15) is 33.7 Å². The lowest BCUT2D eigenvalue weighted by Gasteiger charge is -1.99. The van der Waals surface area contributed by atoms with Crippen molar-refractivity contribution in [1.29, 1.82) is 0 Å². The first-order valence-electron chi connectivity index (χ1n) is 5.80. The molecule has 2 aromatic heterocycles. The van der Waals surface area contributed by atoms with Crippen LogP contribution in [0, 0.1) is 0 Å². The van der Waals surface area contributed by atoms with Gasteiger partial charge in [0.2, 0.25) is 5.76 Å². The molecule has 2 aromatic rings. The second-order valence-electron chi connectivity index (χ2n) is 3.80. The number of rotatable bonds is 5. The van der Waals surface area contributed by atoms with Crippen LogP contribution in [0.4, 0.5) is 10.1 Å². The number of anilines is 2. The minimum absolute atomic E-state index is 0.00271. The maximum absolute atomic E-state index is 12.0. The van der Waals surface area contributed by atoms with E-state index < -0.39 is 11.8 Å². The molecule has 0 aliphatic heterocycles. The number of hydrogen-bond donors (Lipinski definition) is 3. The van der Waals surface area contributed by atoms with Gasteiger partial charge >= 0.3 is 0 Å². The summed E-state index contributed by atoms with van der Waals surface area (Å²) in [5.41, 5.74) is 5.89. The molecular weight excluding hydrogens is 282 g/mol. The van der Waals surface area contributed by atoms with Crippen molar-refractivity contribution in [3.63, 3.8) is 0 Å². The van der Waals surface area contributed by atoms with Crippen molar-refractivity contribution >= 4 is 33.3 Å². The molecule has 2 rings (SSSR count). The molecule has 2 heterocycles. The smallest absolute Gasteiger partial charge is 0.294 e. The van der Waals surface area contributed by atoms with Crippen LogP contribution in [0.15, 0.2) is 10.6 Å². The normalized spacial score (nSPS) is 10.3. The highest BCUT2D eigenvalue weighted by Crippen LogP contribution is 2.28. The first-order chi connectivity index (χ1) is 9.55. The number of amides is 2. The Hall–Kier alpha value is -2.42.